The van der Waals surface area contributed by atoms with Crippen molar-refractivity contribution in [3.05, 3.63) is 96.4 Å². The predicted molar refractivity (Wildman–Crippen MR) is 148 cm³/mol. The number of benzene rings is 3. The molecule has 0 spiro atoms. The fourth-order valence-electron chi connectivity index (χ4n) is 4.53. The highest BCUT2D eigenvalue weighted by Crippen LogP contribution is 2.37. The molecule has 12 heteroatoms. The minimum Gasteiger partial charge on any atom is -0.497 e. The summed E-state index contributed by atoms with van der Waals surface area (Å²) in [4.78, 5) is 14.1. The topological polar surface area (TPSA) is 123 Å². The van der Waals surface area contributed by atoms with Gasteiger partial charge >= 0.3 is 0 Å². The van der Waals surface area contributed by atoms with E-state index in [1.54, 1.807) is 23.1 Å². The molecular weight excluding hydrogens is 556 g/mol. The summed E-state index contributed by atoms with van der Waals surface area (Å²) in [5.74, 6) is 0.659. The maximum Gasteiger partial charge on any atom is 0.293 e. The lowest BCUT2D eigenvalue weighted by molar-refractivity contribution is 0.0958. The molecule has 0 aliphatic carbocycles. The number of nitrogens with zero attached hydrogens (tertiary/aromatic N) is 2. The van der Waals surface area contributed by atoms with E-state index in [0.717, 1.165) is 0 Å². The number of fused-ring (bicyclic) bond motifs is 1. The Morgan fingerprint density at radius 1 is 0.825 bits per heavy atom. The average Bonchev–Trinajstić information content (AvgIpc) is 3.51. The molecule has 0 radical (unpaired) electrons. The minimum atomic E-state index is -4.63. The molecule has 1 amide bonds. The fourth-order valence-corrected chi connectivity index (χ4v) is 8.21. The van der Waals surface area contributed by atoms with E-state index in [0.29, 0.717) is 45.8 Å². The second-order valence-electron chi connectivity index (χ2n) is 8.91. The molecule has 208 valence electrons. The van der Waals surface area contributed by atoms with Crippen LogP contribution in [0, 0.1) is 0 Å². The van der Waals surface area contributed by atoms with Gasteiger partial charge in [-0.15, -0.1) is 0 Å². The first-order chi connectivity index (χ1) is 19.2. The number of ether oxygens (including phenoxy) is 2. The number of sulfonamides is 2. The second kappa shape index (κ2) is 10.7. The monoisotopic (exact) mass is 582 g/mol. The van der Waals surface area contributed by atoms with Gasteiger partial charge in [-0.2, -0.15) is 3.71 Å². The molecule has 0 saturated heterocycles. The summed E-state index contributed by atoms with van der Waals surface area (Å²) in [6.45, 7) is 0.434. The lowest BCUT2D eigenvalue weighted by atomic mass is 10.0. The second-order valence-corrected chi connectivity index (χ2v) is 12.7. The van der Waals surface area contributed by atoms with Gasteiger partial charge in [-0.1, -0.05) is 0 Å². The Labute approximate surface area is 232 Å². The Morgan fingerprint density at radius 2 is 1.40 bits per heavy atom. The van der Waals surface area contributed by atoms with Gasteiger partial charge in [-0.3, -0.25) is 4.79 Å². The van der Waals surface area contributed by atoms with Crippen molar-refractivity contribution in [3.63, 3.8) is 0 Å². The summed E-state index contributed by atoms with van der Waals surface area (Å²) in [5, 5.41) is 0. The maximum atomic E-state index is 14.0. The standard InChI is InChI=1S/C28H26N2O8S2/c1-36-22-8-12-24(13-9-22)39(32,33)30(40(34,35)25-14-10-23(37-2)11-15-25)21-7-16-26-20(19-21)5-3-17-29(26)28(31)27-6-4-18-38-27/h4,6-16,18-19H,3,5,17H2,1-2H3. The summed E-state index contributed by atoms with van der Waals surface area (Å²) in [5.41, 5.74) is 1.10. The molecule has 2 heterocycles. The van der Waals surface area contributed by atoms with Gasteiger partial charge in [0.15, 0.2) is 5.76 Å². The number of aryl methyl sites for hydroxylation is 1. The Bertz CT molecular complexity index is 1660. The quantitative estimate of drug-likeness (QED) is 0.298. The van der Waals surface area contributed by atoms with Crippen LogP contribution in [0.3, 0.4) is 0 Å². The molecule has 1 aromatic heterocycles. The number of hydrogen-bond donors (Lipinski definition) is 0. The first kappa shape index (κ1) is 27.3. The van der Waals surface area contributed by atoms with E-state index in [1.165, 1.54) is 81.1 Å². The van der Waals surface area contributed by atoms with E-state index in [-0.39, 0.29) is 27.1 Å². The van der Waals surface area contributed by atoms with Crippen molar-refractivity contribution in [1.82, 2.24) is 0 Å². The van der Waals surface area contributed by atoms with E-state index < -0.39 is 20.0 Å². The van der Waals surface area contributed by atoms with Crippen LogP contribution in [0.4, 0.5) is 11.4 Å². The predicted octanol–water partition coefficient (Wildman–Crippen LogP) is 4.47. The SMILES string of the molecule is COc1ccc(S(=O)(=O)N(c2ccc3c(c2)CCCN3C(=O)c2ccco2)S(=O)(=O)c2ccc(OC)cc2)cc1. The number of hydrogen-bond acceptors (Lipinski definition) is 8. The Balaban J connectivity index is 1.64. The van der Waals surface area contributed by atoms with Gasteiger partial charge in [0.05, 0.1) is 36.0 Å². The molecule has 10 nitrogen and oxygen atoms in total. The minimum absolute atomic E-state index is 0.0855. The van der Waals surface area contributed by atoms with Gasteiger partial charge < -0.3 is 18.8 Å². The summed E-state index contributed by atoms with van der Waals surface area (Å²) in [6, 6.07) is 18.5. The largest absolute Gasteiger partial charge is 0.497 e. The fraction of sp³-hybridized carbons (Fsp3) is 0.179. The van der Waals surface area contributed by atoms with Crippen molar-refractivity contribution in [2.45, 2.75) is 22.6 Å². The van der Waals surface area contributed by atoms with Crippen LogP contribution in [0.15, 0.2) is 99.3 Å². The van der Waals surface area contributed by atoms with Gasteiger partial charge in [0.1, 0.15) is 11.5 Å². The van der Waals surface area contributed by atoms with Crippen molar-refractivity contribution in [2.24, 2.45) is 0 Å². The van der Waals surface area contributed by atoms with Crippen LogP contribution in [0.1, 0.15) is 22.5 Å². The van der Waals surface area contributed by atoms with E-state index in [4.69, 9.17) is 13.9 Å². The zero-order valence-electron chi connectivity index (χ0n) is 21.7. The van der Waals surface area contributed by atoms with Gasteiger partial charge in [-0.25, -0.2) is 16.8 Å². The average molecular weight is 583 g/mol. The number of rotatable bonds is 8. The molecule has 0 bridgehead atoms. The summed E-state index contributed by atoms with van der Waals surface area (Å²) >= 11 is 0. The summed E-state index contributed by atoms with van der Waals surface area (Å²) in [7, 11) is -6.38. The molecule has 1 aliphatic heterocycles. The van der Waals surface area contributed by atoms with Crippen LogP contribution >= 0.6 is 0 Å². The van der Waals surface area contributed by atoms with Crippen molar-refractivity contribution >= 4 is 37.3 Å². The van der Waals surface area contributed by atoms with Crippen LogP contribution < -0.4 is 18.1 Å². The summed E-state index contributed by atoms with van der Waals surface area (Å²) < 4.78 is 71.9. The van der Waals surface area contributed by atoms with Crippen molar-refractivity contribution in [1.29, 1.82) is 0 Å². The molecule has 0 unspecified atom stereocenters. The normalized spacial score (nSPS) is 13.4. The third-order valence-electron chi connectivity index (χ3n) is 6.52. The van der Waals surface area contributed by atoms with E-state index >= 15 is 0 Å². The number of anilines is 2. The molecule has 4 aromatic rings. The molecule has 40 heavy (non-hydrogen) atoms. The van der Waals surface area contributed by atoms with Crippen LogP contribution in [-0.2, 0) is 26.5 Å². The lowest BCUT2D eigenvalue weighted by Crippen LogP contribution is -2.38. The molecule has 0 N–H and O–H groups in total. The van der Waals surface area contributed by atoms with Crippen molar-refractivity contribution < 1.29 is 35.5 Å². The molecular formula is C28H26N2O8S2. The Kier molecular flexibility index (Phi) is 7.30. The summed E-state index contributed by atoms with van der Waals surface area (Å²) in [6.07, 6.45) is 2.52. The van der Waals surface area contributed by atoms with E-state index in [9.17, 15) is 21.6 Å². The van der Waals surface area contributed by atoms with Gasteiger partial charge in [-0.05, 0) is 97.3 Å². The van der Waals surface area contributed by atoms with Gasteiger partial charge in [0, 0.05) is 12.2 Å². The number of amides is 1. The highest BCUT2D eigenvalue weighted by molar-refractivity contribution is 8.10. The number of carbonyl (C=O) groups excluding carboxylic acids is 1. The van der Waals surface area contributed by atoms with Crippen molar-refractivity contribution in [3.8, 4) is 11.5 Å². The molecule has 0 fully saturated rings. The Hall–Kier alpha value is -4.29. The van der Waals surface area contributed by atoms with Gasteiger partial charge in [0.2, 0.25) is 0 Å². The molecule has 0 atom stereocenters. The van der Waals surface area contributed by atoms with Crippen LogP contribution in [-0.4, -0.2) is 43.5 Å². The zero-order valence-corrected chi connectivity index (χ0v) is 23.3. The third kappa shape index (κ3) is 4.91. The first-order valence-electron chi connectivity index (χ1n) is 12.2. The number of methoxy groups -OCH3 is 2. The number of furan rings is 1. The number of carbonyl (C=O) groups is 1. The van der Waals surface area contributed by atoms with E-state index in [1.807, 2.05) is 0 Å². The lowest BCUT2D eigenvalue weighted by Gasteiger charge is -2.31. The zero-order chi connectivity index (χ0) is 28.5. The molecule has 1 aliphatic rings. The first-order valence-corrected chi connectivity index (χ1v) is 15.1. The van der Waals surface area contributed by atoms with Crippen LogP contribution in [0.2, 0.25) is 0 Å². The molecule has 0 saturated carbocycles. The third-order valence-corrected chi connectivity index (χ3v) is 10.7. The molecule has 3 aromatic carbocycles. The molecule has 5 rings (SSSR count). The van der Waals surface area contributed by atoms with E-state index in [2.05, 4.69) is 0 Å². The highest BCUT2D eigenvalue weighted by atomic mass is 32.3. The van der Waals surface area contributed by atoms with Crippen LogP contribution in [0.25, 0.3) is 0 Å². The smallest absolute Gasteiger partial charge is 0.293 e. The Morgan fingerprint density at radius 3 is 1.90 bits per heavy atom. The maximum absolute atomic E-state index is 14.0. The van der Waals surface area contributed by atoms with Crippen molar-refractivity contribution in [2.75, 3.05) is 29.4 Å². The highest BCUT2D eigenvalue weighted by Gasteiger charge is 2.38. The van der Waals surface area contributed by atoms with Crippen LogP contribution in [0.5, 0.6) is 11.5 Å². The van der Waals surface area contributed by atoms with Gasteiger partial charge in [0.25, 0.3) is 26.0 Å².